The average Bonchev–Trinajstić information content (AvgIpc) is 2.47. The highest BCUT2D eigenvalue weighted by Gasteiger charge is 2.13. The lowest BCUT2D eigenvalue weighted by atomic mass is 10.0. The zero-order valence-electron chi connectivity index (χ0n) is 11.1. The molecule has 0 aliphatic rings. The van der Waals surface area contributed by atoms with Crippen molar-refractivity contribution in [3.05, 3.63) is 59.7 Å². The predicted molar refractivity (Wildman–Crippen MR) is 79.3 cm³/mol. The lowest BCUT2D eigenvalue weighted by molar-refractivity contribution is 0.103. The van der Waals surface area contributed by atoms with E-state index in [9.17, 15) is 4.79 Å². The van der Waals surface area contributed by atoms with Crippen LogP contribution in [-0.2, 0) is 0 Å². The summed E-state index contributed by atoms with van der Waals surface area (Å²) in [6.07, 6.45) is 0. The maximum absolute atomic E-state index is 12.4. The van der Waals surface area contributed by atoms with Crippen molar-refractivity contribution in [2.45, 2.75) is 11.8 Å². The van der Waals surface area contributed by atoms with Crippen LogP contribution in [0, 0.1) is 0 Å². The second kappa shape index (κ2) is 6.43. The van der Waals surface area contributed by atoms with E-state index in [-0.39, 0.29) is 5.78 Å². The van der Waals surface area contributed by atoms with Crippen molar-refractivity contribution >= 4 is 17.5 Å². The number of carbonyl (C=O) groups is 1. The van der Waals surface area contributed by atoms with Crippen molar-refractivity contribution < 1.29 is 9.53 Å². The summed E-state index contributed by atoms with van der Waals surface area (Å²) in [5, 5.41) is 0. The SMILES string of the molecule is CCSc1ccc(C(=O)c2ccccc2OC)cc1. The number of methoxy groups -OCH3 is 1. The van der Waals surface area contributed by atoms with E-state index in [4.69, 9.17) is 4.74 Å². The minimum atomic E-state index is -0.00880. The molecule has 0 unspecified atom stereocenters. The third-order valence-corrected chi connectivity index (χ3v) is 3.67. The highest BCUT2D eigenvalue weighted by atomic mass is 32.2. The first-order valence-electron chi connectivity index (χ1n) is 6.17. The van der Waals surface area contributed by atoms with Crippen LogP contribution in [0.1, 0.15) is 22.8 Å². The lowest BCUT2D eigenvalue weighted by Gasteiger charge is -2.07. The molecule has 0 saturated carbocycles. The van der Waals surface area contributed by atoms with Gasteiger partial charge in [0.1, 0.15) is 5.75 Å². The van der Waals surface area contributed by atoms with E-state index in [2.05, 4.69) is 6.92 Å². The Morgan fingerprint density at radius 3 is 2.42 bits per heavy atom. The first kappa shape index (κ1) is 13.7. The molecule has 0 N–H and O–H groups in total. The van der Waals surface area contributed by atoms with E-state index in [0.29, 0.717) is 16.9 Å². The molecule has 98 valence electrons. The fraction of sp³-hybridized carbons (Fsp3) is 0.188. The number of thioether (sulfide) groups is 1. The zero-order chi connectivity index (χ0) is 13.7. The van der Waals surface area contributed by atoms with Gasteiger partial charge in [0.05, 0.1) is 12.7 Å². The molecule has 19 heavy (non-hydrogen) atoms. The van der Waals surface area contributed by atoms with Crippen molar-refractivity contribution in [3.63, 3.8) is 0 Å². The third kappa shape index (κ3) is 3.18. The summed E-state index contributed by atoms with van der Waals surface area (Å²) in [5.41, 5.74) is 1.28. The van der Waals surface area contributed by atoms with E-state index < -0.39 is 0 Å². The van der Waals surface area contributed by atoms with Crippen LogP contribution in [0.2, 0.25) is 0 Å². The first-order chi connectivity index (χ1) is 9.26. The Kier molecular flexibility index (Phi) is 4.63. The molecule has 0 atom stereocenters. The van der Waals surface area contributed by atoms with Crippen molar-refractivity contribution in [1.29, 1.82) is 0 Å². The first-order valence-corrected chi connectivity index (χ1v) is 7.15. The molecule has 0 aromatic heterocycles. The van der Waals surface area contributed by atoms with Crippen molar-refractivity contribution in [1.82, 2.24) is 0 Å². The molecule has 0 bridgehead atoms. The molecule has 2 nitrogen and oxygen atoms in total. The molecule has 0 aliphatic heterocycles. The van der Waals surface area contributed by atoms with Crippen LogP contribution in [0.3, 0.4) is 0 Å². The van der Waals surface area contributed by atoms with Gasteiger partial charge in [0.15, 0.2) is 5.78 Å². The van der Waals surface area contributed by atoms with Gasteiger partial charge in [0, 0.05) is 10.5 Å². The lowest BCUT2D eigenvalue weighted by Crippen LogP contribution is -2.03. The summed E-state index contributed by atoms with van der Waals surface area (Å²) in [7, 11) is 1.58. The summed E-state index contributed by atoms with van der Waals surface area (Å²) in [6, 6.07) is 15.0. The van der Waals surface area contributed by atoms with Gasteiger partial charge in [-0.3, -0.25) is 4.79 Å². The zero-order valence-corrected chi connectivity index (χ0v) is 11.9. The molecule has 2 aromatic carbocycles. The van der Waals surface area contributed by atoms with Crippen LogP contribution >= 0.6 is 11.8 Å². The van der Waals surface area contributed by atoms with Gasteiger partial charge in [-0.2, -0.15) is 0 Å². The molecular weight excluding hydrogens is 256 g/mol. The summed E-state index contributed by atoms with van der Waals surface area (Å²) >= 11 is 1.76. The molecule has 0 heterocycles. The Hall–Kier alpha value is -1.74. The van der Waals surface area contributed by atoms with Gasteiger partial charge in [-0.1, -0.05) is 19.1 Å². The molecule has 0 aliphatic carbocycles. The van der Waals surface area contributed by atoms with Crippen LogP contribution in [0.4, 0.5) is 0 Å². The Morgan fingerprint density at radius 2 is 1.79 bits per heavy atom. The molecule has 2 rings (SSSR count). The second-order valence-corrected chi connectivity index (χ2v) is 5.32. The van der Waals surface area contributed by atoms with Gasteiger partial charge in [-0.25, -0.2) is 0 Å². The van der Waals surface area contributed by atoms with Gasteiger partial charge in [0.25, 0.3) is 0 Å². The van der Waals surface area contributed by atoms with E-state index in [1.54, 1.807) is 31.0 Å². The summed E-state index contributed by atoms with van der Waals surface area (Å²) in [4.78, 5) is 13.6. The average molecular weight is 272 g/mol. The van der Waals surface area contributed by atoms with Crippen LogP contribution in [0.15, 0.2) is 53.4 Å². The molecule has 0 saturated heterocycles. The van der Waals surface area contributed by atoms with Gasteiger partial charge in [-0.15, -0.1) is 11.8 Å². The second-order valence-electron chi connectivity index (χ2n) is 3.99. The van der Waals surface area contributed by atoms with Crippen LogP contribution < -0.4 is 4.74 Å². The molecule has 2 aromatic rings. The quantitative estimate of drug-likeness (QED) is 0.607. The molecule has 0 amide bonds. The van der Waals surface area contributed by atoms with E-state index in [0.717, 1.165) is 5.75 Å². The number of hydrogen-bond acceptors (Lipinski definition) is 3. The van der Waals surface area contributed by atoms with Crippen LogP contribution in [-0.4, -0.2) is 18.6 Å². The molecule has 0 fully saturated rings. The molecule has 3 heteroatoms. The number of rotatable bonds is 5. The van der Waals surface area contributed by atoms with Gasteiger partial charge in [-0.05, 0) is 42.2 Å². The summed E-state index contributed by atoms with van der Waals surface area (Å²) in [5.74, 6) is 1.63. The Bertz CT molecular complexity index is 561. The summed E-state index contributed by atoms with van der Waals surface area (Å²) < 4.78 is 5.23. The number of carbonyl (C=O) groups excluding carboxylic acids is 1. The normalized spacial score (nSPS) is 10.2. The number of ether oxygens (including phenoxy) is 1. The Morgan fingerprint density at radius 1 is 1.11 bits per heavy atom. The van der Waals surface area contributed by atoms with Crippen LogP contribution in [0.5, 0.6) is 5.75 Å². The number of para-hydroxylation sites is 1. The molecule has 0 radical (unpaired) electrons. The van der Waals surface area contributed by atoms with Crippen molar-refractivity contribution in [2.24, 2.45) is 0 Å². The Balaban J connectivity index is 2.28. The standard InChI is InChI=1S/C16H16O2S/c1-3-19-13-10-8-12(9-11-13)16(17)14-6-4-5-7-15(14)18-2/h4-11H,3H2,1-2H3. The third-order valence-electron chi connectivity index (χ3n) is 2.78. The summed E-state index contributed by atoms with van der Waals surface area (Å²) in [6.45, 7) is 2.11. The fourth-order valence-electron chi connectivity index (χ4n) is 1.86. The van der Waals surface area contributed by atoms with E-state index in [1.165, 1.54) is 4.90 Å². The minimum absolute atomic E-state index is 0.00880. The van der Waals surface area contributed by atoms with E-state index >= 15 is 0 Å². The van der Waals surface area contributed by atoms with Gasteiger partial charge < -0.3 is 4.74 Å². The monoisotopic (exact) mass is 272 g/mol. The predicted octanol–water partition coefficient (Wildman–Crippen LogP) is 4.04. The molecule has 0 spiro atoms. The minimum Gasteiger partial charge on any atom is -0.496 e. The Labute approximate surface area is 117 Å². The van der Waals surface area contributed by atoms with Crippen molar-refractivity contribution in [2.75, 3.05) is 12.9 Å². The smallest absolute Gasteiger partial charge is 0.196 e. The van der Waals surface area contributed by atoms with Gasteiger partial charge >= 0.3 is 0 Å². The largest absolute Gasteiger partial charge is 0.496 e. The highest BCUT2D eigenvalue weighted by Crippen LogP contribution is 2.23. The topological polar surface area (TPSA) is 26.3 Å². The fourth-order valence-corrected chi connectivity index (χ4v) is 2.52. The van der Waals surface area contributed by atoms with Crippen molar-refractivity contribution in [3.8, 4) is 5.75 Å². The highest BCUT2D eigenvalue weighted by molar-refractivity contribution is 7.99. The maximum atomic E-state index is 12.4. The number of hydrogen-bond donors (Lipinski definition) is 0. The molecular formula is C16H16O2S. The van der Waals surface area contributed by atoms with Crippen LogP contribution in [0.25, 0.3) is 0 Å². The van der Waals surface area contributed by atoms with Gasteiger partial charge in [0.2, 0.25) is 0 Å². The maximum Gasteiger partial charge on any atom is 0.196 e. The number of benzene rings is 2. The number of ketones is 1. The van der Waals surface area contributed by atoms with E-state index in [1.807, 2.05) is 36.4 Å².